The zero-order chi connectivity index (χ0) is 15.0. The molecule has 0 radical (unpaired) electrons. The number of carbonyl (C=O) groups excluding carboxylic acids is 1. The average molecular weight is 345 g/mol. The van der Waals surface area contributed by atoms with E-state index in [4.69, 9.17) is 4.74 Å². The summed E-state index contributed by atoms with van der Waals surface area (Å²) < 4.78 is 5.36. The van der Waals surface area contributed by atoms with Crippen LogP contribution in [0.2, 0.25) is 0 Å². The summed E-state index contributed by atoms with van der Waals surface area (Å²) in [6.07, 6.45) is 2.10. The maximum Gasteiger partial charge on any atom is 0.230 e. The second-order valence-electron chi connectivity index (χ2n) is 5.56. The highest BCUT2D eigenvalue weighted by molar-refractivity contribution is 8.00. The number of piperidine rings is 1. The number of thioether (sulfide) groups is 1. The van der Waals surface area contributed by atoms with Crippen LogP contribution in [0.25, 0.3) is 0 Å². The molecule has 6 heteroatoms. The average Bonchev–Trinajstić information content (AvgIpc) is 2.53. The minimum atomic E-state index is 0. The molecule has 1 saturated heterocycles. The van der Waals surface area contributed by atoms with Crippen LogP contribution in [-0.4, -0.2) is 45.0 Å². The number of methoxy groups -OCH3 is 1. The van der Waals surface area contributed by atoms with Gasteiger partial charge in [0.05, 0.1) is 12.4 Å². The molecule has 4 nitrogen and oxygen atoms in total. The van der Waals surface area contributed by atoms with Gasteiger partial charge < -0.3 is 15.4 Å². The van der Waals surface area contributed by atoms with Crippen LogP contribution in [0.15, 0.2) is 35.2 Å². The SMILES string of the molecule is COCC1(CNC(=O)CSc2ccccc2)CCNCC1.Cl. The van der Waals surface area contributed by atoms with Gasteiger partial charge in [-0.3, -0.25) is 4.79 Å². The summed E-state index contributed by atoms with van der Waals surface area (Å²) in [5.74, 6) is 0.559. The highest BCUT2D eigenvalue weighted by Crippen LogP contribution is 2.28. The molecule has 124 valence electrons. The number of carbonyl (C=O) groups is 1. The second kappa shape index (κ2) is 10.1. The number of nitrogens with one attached hydrogen (secondary N) is 2. The maximum absolute atomic E-state index is 12.0. The fourth-order valence-electron chi connectivity index (χ4n) is 2.64. The Bertz CT molecular complexity index is 434. The van der Waals surface area contributed by atoms with Crippen LogP contribution < -0.4 is 10.6 Å². The van der Waals surface area contributed by atoms with Crippen LogP contribution in [0.5, 0.6) is 0 Å². The Morgan fingerprint density at radius 3 is 2.64 bits per heavy atom. The predicted molar refractivity (Wildman–Crippen MR) is 93.8 cm³/mol. The number of rotatable bonds is 7. The van der Waals surface area contributed by atoms with Crippen molar-refractivity contribution < 1.29 is 9.53 Å². The van der Waals surface area contributed by atoms with Crippen LogP contribution in [0, 0.1) is 5.41 Å². The van der Waals surface area contributed by atoms with Crippen molar-refractivity contribution in [3.05, 3.63) is 30.3 Å². The number of benzene rings is 1. The molecule has 0 atom stereocenters. The van der Waals surface area contributed by atoms with E-state index < -0.39 is 0 Å². The summed E-state index contributed by atoms with van der Waals surface area (Å²) in [6.45, 7) is 3.41. The summed E-state index contributed by atoms with van der Waals surface area (Å²) in [4.78, 5) is 13.1. The Hall–Kier alpha value is -0.750. The largest absolute Gasteiger partial charge is 0.384 e. The first-order valence-electron chi connectivity index (χ1n) is 7.38. The molecule has 0 spiro atoms. The van der Waals surface area contributed by atoms with Crippen molar-refractivity contribution in [3.8, 4) is 0 Å². The molecule has 1 aromatic rings. The number of ether oxygens (including phenoxy) is 1. The summed E-state index contributed by atoms with van der Waals surface area (Å²) in [6, 6.07) is 10.0. The zero-order valence-corrected chi connectivity index (χ0v) is 14.6. The van der Waals surface area contributed by atoms with E-state index in [2.05, 4.69) is 10.6 Å². The lowest BCUT2D eigenvalue weighted by Gasteiger charge is -2.37. The van der Waals surface area contributed by atoms with E-state index in [-0.39, 0.29) is 23.7 Å². The number of hydrogen-bond donors (Lipinski definition) is 2. The van der Waals surface area contributed by atoms with E-state index >= 15 is 0 Å². The molecule has 1 amide bonds. The molecular weight excluding hydrogens is 320 g/mol. The van der Waals surface area contributed by atoms with Gasteiger partial charge in [-0.25, -0.2) is 0 Å². The van der Waals surface area contributed by atoms with E-state index in [0.717, 1.165) is 30.8 Å². The van der Waals surface area contributed by atoms with E-state index in [1.807, 2.05) is 30.3 Å². The van der Waals surface area contributed by atoms with Gasteiger partial charge in [0.25, 0.3) is 0 Å². The highest BCUT2D eigenvalue weighted by atomic mass is 35.5. The summed E-state index contributed by atoms with van der Waals surface area (Å²) in [5.41, 5.74) is 0.0904. The van der Waals surface area contributed by atoms with E-state index in [1.54, 1.807) is 18.9 Å². The molecule has 0 aliphatic carbocycles. The van der Waals surface area contributed by atoms with Crippen LogP contribution >= 0.6 is 24.2 Å². The molecule has 2 rings (SSSR count). The third-order valence-corrected chi connectivity index (χ3v) is 4.90. The molecule has 0 aromatic heterocycles. The Morgan fingerprint density at radius 2 is 2.00 bits per heavy atom. The maximum atomic E-state index is 12.0. The van der Waals surface area contributed by atoms with Gasteiger partial charge in [-0.2, -0.15) is 0 Å². The molecular formula is C16H25ClN2O2S. The Balaban J connectivity index is 0.00000242. The van der Waals surface area contributed by atoms with Crippen molar-refractivity contribution in [2.75, 3.05) is 39.1 Å². The number of halogens is 1. The molecule has 0 saturated carbocycles. The minimum absolute atomic E-state index is 0. The molecule has 1 aliphatic rings. The summed E-state index contributed by atoms with van der Waals surface area (Å²) >= 11 is 1.57. The van der Waals surface area contributed by atoms with E-state index in [9.17, 15) is 4.79 Å². The van der Waals surface area contributed by atoms with Crippen LogP contribution in [-0.2, 0) is 9.53 Å². The molecule has 1 fully saturated rings. The molecule has 1 heterocycles. The van der Waals surface area contributed by atoms with Crippen LogP contribution in [0.4, 0.5) is 0 Å². The molecule has 0 bridgehead atoms. The molecule has 1 aromatic carbocycles. The van der Waals surface area contributed by atoms with Crippen molar-refractivity contribution in [1.82, 2.24) is 10.6 Å². The number of hydrogen-bond acceptors (Lipinski definition) is 4. The lowest BCUT2D eigenvalue weighted by atomic mass is 9.79. The summed E-state index contributed by atoms with van der Waals surface area (Å²) in [5, 5.41) is 6.44. The highest BCUT2D eigenvalue weighted by Gasteiger charge is 2.32. The Labute approximate surface area is 143 Å². The van der Waals surface area contributed by atoms with Gasteiger partial charge in [0.2, 0.25) is 5.91 Å². The van der Waals surface area contributed by atoms with E-state index in [1.165, 1.54) is 0 Å². The summed E-state index contributed by atoms with van der Waals surface area (Å²) in [7, 11) is 1.73. The smallest absolute Gasteiger partial charge is 0.230 e. The van der Waals surface area contributed by atoms with Gasteiger partial charge >= 0.3 is 0 Å². The first-order valence-corrected chi connectivity index (χ1v) is 8.37. The van der Waals surface area contributed by atoms with Crippen molar-refractivity contribution in [3.63, 3.8) is 0 Å². The van der Waals surface area contributed by atoms with Gasteiger partial charge in [-0.05, 0) is 38.1 Å². The van der Waals surface area contributed by atoms with Crippen molar-refractivity contribution >= 4 is 30.1 Å². The van der Waals surface area contributed by atoms with E-state index in [0.29, 0.717) is 18.9 Å². The standard InChI is InChI=1S/C16H24N2O2S.ClH/c1-20-13-16(7-9-17-10-8-16)12-18-15(19)11-21-14-5-3-2-4-6-14;/h2-6,17H,7-13H2,1H3,(H,18,19);1H. The number of amides is 1. The second-order valence-corrected chi connectivity index (χ2v) is 6.61. The molecule has 22 heavy (non-hydrogen) atoms. The first-order chi connectivity index (χ1) is 10.2. The lowest BCUT2D eigenvalue weighted by molar-refractivity contribution is -0.119. The lowest BCUT2D eigenvalue weighted by Crippen LogP contribution is -2.47. The Kier molecular flexibility index (Phi) is 8.86. The van der Waals surface area contributed by atoms with Crippen LogP contribution in [0.3, 0.4) is 0 Å². The third-order valence-electron chi connectivity index (χ3n) is 3.89. The molecule has 2 N–H and O–H groups in total. The quantitative estimate of drug-likeness (QED) is 0.745. The monoisotopic (exact) mass is 344 g/mol. The molecule has 0 unspecified atom stereocenters. The van der Waals surface area contributed by atoms with Gasteiger partial charge in [0, 0.05) is 24.0 Å². The zero-order valence-electron chi connectivity index (χ0n) is 13.0. The minimum Gasteiger partial charge on any atom is -0.384 e. The molecule has 1 aliphatic heterocycles. The van der Waals surface area contributed by atoms with Gasteiger partial charge in [0.15, 0.2) is 0 Å². The van der Waals surface area contributed by atoms with Gasteiger partial charge in [-0.1, -0.05) is 18.2 Å². The third kappa shape index (κ3) is 6.16. The van der Waals surface area contributed by atoms with Gasteiger partial charge in [-0.15, -0.1) is 24.2 Å². The van der Waals surface area contributed by atoms with Crippen molar-refractivity contribution in [2.24, 2.45) is 5.41 Å². The Morgan fingerprint density at radius 1 is 1.32 bits per heavy atom. The fourth-order valence-corrected chi connectivity index (χ4v) is 3.39. The topological polar surface area (TPSA) is 50.4 Å². The first kappa shape index (κ1) is 19.3. The van der Waals surface area contributed by atoms with Crippen LogP contribution in [0.1, 0.15) is 12.8 Å². The van der Waals surface area contributed by atoms with Crippen molar-refractivity contribution in [1.29, 1.82) is 0 Å². The fraction of sp³-hybridized carbons (Fsp3) is 0.562. The van der Waals surface area contributed by atoms with Crippen molar-refractivity contribution in [2.45, 2.75) is 17.7 Å². The normalized spacial score (nSPS) is 16.6. The predicted octanol–water partition coefficient (Wildman–Crippen LogP) is 2.33. The van der Waals surface area contributed by atoms with Gasteiger partial charge in [0.1, 0.15) is 0 Å².